The molecule has 1 atom stereocenters. The van der Waals surface area contributed by atoms with Gasteiger partial charge in [0.05, 0.1) is 12.5 Å². The number of nitrogens with one attached hydrogen (secondary N) is 2. The lowest BCUT2D eigenvalue weighted by molar-refractivity contribution is -0.121. The summed E-state index contributed by atoms with van der Waals surface area (Å²) in [6.07, 6.45) is 8.81. The lowest BCUT2D eigenvalue weighted by atomic mass is 9.93. The zero-order valence-electron chi connectivity index (χ0n) is 16.0. The number of rotatable bonds is 7. The predicted molar refractivity (Wildman–Crippen MR) is 104 cm³/mol. The molecule has 2 amide bonds. The van der Waals surface area contributed by atoms with Crippen LogP contribution in [0.15, 0.2) is 24.3 Å². The highest BCUT2D eigenvalue weighted by atomic mass is 16.2. The normalized spacial score (nSPS) is 19.2. The quantitative estimate of drug-likeness (QED) is 0.788. The van der Waals surface area contributed by atoms with Crippen LogP contribution in [0, 0.1) is 0 Å². The first kappa shape index (κ1) is 18.9. The summed E-state index contributed by atoms with van der Waals surface area (Å²) in [7, 11) is 2.06. The summed E-state index contributed by atoms with van der Waals surface area (Å²) >= 11 is 0. The Bertz CT molecular complexity index is 619. The second kappa shape index (κ2) is 8.67. The number of anilines is 1. The zero-order chi connectivity index (χ0) is 18.5. The van der Waals surface area contributed by atoms with Crippen molar-refractivity contribution in [1.82, 2.24) is 10.2 Å². The Morgan fingerprint density at radius 1 is 1.08 bits per heavy atom. The van der Waals surface area contributed by atoms with Crippen molar-refractivity contribution < 1.29 is 9.59 Å². The first-order valence-corrected chi connectivity index (χ1v) is 9.94. The van der Waals surface area contributed by atoms with Crippen molar-refractivity contribution in [2.45, 2.75) is 76.4 Å². The van der Waals surface area contributed by atoms with Gasteiger partial charge in [0.2, 0.25) is 11.8 Å². The van der Waals surface area contributed by atoms with Gasteiger partial charge in [-0.3, -0.25) is 14.5 Å². The average molecular weight is 357 g/mol. The summed E-state index contributed by atoms with van der Waals surface area (Å²) in [6.45, 7) is 1.97. The molecule has 142 valence electrons. The highest BCUT2D eigenvalue weighted by Crippen LogP contribution is 2.23. The van der Waals surface area contributed by atoms with Gasteiger partial charge in [-0.05, 0) is 57.4 Å². The molecule has 1 aromatic rings. The van der Waals surface area contributed by atoms with Gasteiger partial charge in [0.1, 0.15) is 0 Å². The molecule has 0 aromatic heterocycles. The summed E-state index contributed by atoms with van der Waals surface area (Å²) in [5.41, 5.74) is 1.75. The maximum atomic E-state index is 12.6. The number of nitrogens with zero attached hydrogens (tertiary/aromatic N) is 1. The van der Waals surface area contributed by atoms with E-state index >= 15 is 0 Å². The van der Waals surface area contributed by atoms with Crippen LogP contribution in [0.25, 0.3) is 0 Å². The van der Waals surface area contributed by atoms with Gasteiger partial charge in [0.15, 0.2) is 0 Å². The van der Waals surface area contributed by atoms with Crippen LogP contribution in [0.4, 0.5) is 5.69 Å². The van der Waals surface area contributed by atoms with Crippen molar-refractivity contribution in [3.05, 3.63) is 29.8 Å². The van der Waals surface area contributed by atoms with Crippen LogP contribution in [0.2, 0.25) is 0 Å². The third kappa shape index (κ3) is 5.31. The van der Waals surface area contributed by atoms with Gasteiger partial charge in [0.25, 0.3) is 0 Å². The molecule has 1 aromatic carbocycles. The van der Waals surface area contributed by atoms with Gasteiger partial charge < -0.3 is 10.6 Å². The van der Waals surface area contributed by atoms with Gasteiger partial charge in [0, 0.05) is 17.8 Å². The molecule has 0 bridgehead atoms. The van der Waals surface area contributed by atoms with Crippen LogP contribution < -0.4 is 10.6 Å². The van der Waals surface area contributed by atoms with Gasteiger partial charge in [-0.25, -0.2) is 0 Å². The van der Waals surface area contributed by atoms with Crippen molar-refractivity contribution in [2.75, 3.05) is 12.4 Å². The van der Waals surface area contributed by atoms with Crippen LogP contribution >= 0.6 is 0 Å². The lowest BCUT2D eigenvalue weighted by Crippen LogP contribution is -2.46. The summed E-state index contributed by atoms with van der Waals surface area (Å²) in [4.78, 5) is 26.6. The van der Waals surface area contributed by atoms with Crippen LogP contribution in [0.3, 0.4) is 0 Å². The first-order chi connectivity index (χ1) is 12.5. The van der Waals surface area contributed by atoms with E-state index in [1.807, 2.05) is 31.2 Å². The molecule has 0 spiro atoms. The number of carbonyl (C=O) groups is 2. The number of carbonyl (C=O) groups excluding carboxylic acids is 2. The Morgan fingerprint density at radius 2 is 1.73 bits per heavy atom. The van der Waals surface area contributed by atoms with Crippen LogP contribution in [0.5, 0.6) is 0 Å². The molecule has 2 aliphatic carbocycles. The minimum Gasteiger partial charge on any atom is -0.353 e. The third-order valence-electron chi connectivity index (χ3n) is 5.67. The standard InChI is InChI=1S/C21H31N3O2/c1-15(24(2)19-6-4-3-5-7-19)21(26)23-18-10-8-16(9-11-18)14-20(25)22-17-12-13-17/h8-11,15,17,19H,3-7,12-14H2,1-2H3,(H,22,25)(H,23,26). The van der Waals surface area contributed by atoms with Crippen molar-refractivity contribution >= 4 is 17.5 Å². The van der Waals surface area contributed by atoms with Crippen molar-refractivity contribution in [3.8, 4) is 0 Å². The molecule has 2 aliphatic rings. The number of hydrogen-bond donors (Lipinski definition) is 2. The van der Waals surface area contributed by atoms with Crippen LogP contribution in [0.1, 0.15) is 57.4 Å². The van der Waals surface area contributed by atoms with Crippen molar-refractivity contribution in [2.24, 2.45) is 0 Å². The van der Waals surface area contributed by atoms with Gasteiger partial charge >= 0.3 is 0 Å². The summed E-state index contributed by atoms with van der Waals surface area (Å²) in [6, 6.07) is 8.34. The molecule has 1 unspecified atom stereocenters. The highest BCUT2D eigenvalue weighted by Gasteiger charge is 2.26. The minimum absolute atomic E-state index is 0.0253. The topological polar surface area (TPSA) is 61.4 Å². The molecule has 5 nitrogen and oxygen atoms in total. The van der Waals surface area contributed by atoms with E-state index in [4.69, 9.17) is 0 Å². The van der Waals surface area contributed by atoms with Crippen molar-refractivity contribution in [1.29, 1.82) is 0 Å². The summed E-state index contributed by atoms with van der Waals surface area (Å²) in [5, 5.41) is 6.00. The molecule has 0 saturated heterocycles. The predicted octanol–water partition coefficient (Wildman–Crippen LogP) is 3.10. The maximum absolute atomic E-state index is 12.6. The molecule has 0 aliphatic heterocycles. The summed E-state index contributed by atoms with van der Waals surface area (Å²) in [5.74, 6) is 0.101. The largest absolute Gasteiger partial charge is 0.353 e. The minimum atomic E-state index is -0.151. The van der Waals surface area contributed by atoms with E-state index in [9.17, 15) is 9.59 Å². The maximum Gasteiger partial charge on any atom is 0.241 e. The average Bonchev–Trinajstić information content (AvgIpc) is 3.46. The Labute approximate surface area is 156 Å². The van der Waals surface area contributed by atoms with E-state index in [1.165, 1.54) is 32.1 Å². The molecular weight excluding hydrogens is 326 g/mol. The van der Waals surface area contributed by atoms with E-state index in [0.29, 0.717) is 18.5 Å². The van der Waals surface area contributed by atoms with Gasteiger partial charge in [-0.2, -0.15) is 0 Å². The fourth-order valence-corrected chi connectivity index (χ4v) is 3.63. The molecule has 2 saturated carbocycles. The first-order valence-electron chi connectivity index (χ1n) is 9.94. The van der Waals surface area contributed by atoms with Crippen LogP contribution in [-0.4, -0.2) is 41.9 Å². The second-order valence-electron chi connectivity index (χ2n) is 7.84. The second-order valence-corrected chi connectivity index (χ2v) is 7.84. The smallest absolute Gasteiger partial charge is 0.241 e. The number of hydrogen-bond acceptors (Lipinski definition) is 3. The summed E-state index contributed by atoms with van der Waals surface area (Å²) < 4.78 is 0. The molecule has 2 fully saturated rings. The van der Waals surface area contributed by atoms with E-state index in [0.717, 1.165) is 24.1 Å². The van der Waals surface area contributed by atoms with Gasteiger partial charge in [-0.15, -0.1) is 0 Å². The van der Waals surface area contributed by atoms with E-state index in [2.05, 4.69) is 22.6 Å². The van der Waals surface area contributed by atoms with Crippen LogP contribution in [-0.2, 0) is 16.0 Å². The Morgan fingerprint density at radius 3 is 2.35 bits per heavy atom. The number of amides is 2. The number of benzene rings is 1. The SMILES string of the molecule is CC(C(=O)Nc1ccc(CC(=O)NC2CC2)cc1)N(C)C1CCCCC1. The molecule has 0 radical (unpaired) electrons. The zero-order valence-corrected chi connectivity index (χ0v) is 16.0. The highest BCUT2D eigenvalue weighted by molar-refractivity contribution is 5.94. The molecular formula is C21H31N3O2. The fourth-order valence-electron chi connectivity index (χ4n) is 3.63. The monoisotopic (exact) mass is 357 g/mol. The van der Waals surface area contributed by atoms with Gasteiger partial charge in [-0.1, -0.05) is 31.4 Å². The number of likely N-dealkylation sites (N-methyl/N-ethyl adjacent to an activating group) is 1. The molecule has 0 heterocycles. The van der Waals surface area contributed by atoms with Crippen molar-refractivity contribution in [3.63, 3.8) is 0 Å². The fraction of sp³-hybridized carbons (Fsp3) is 0.619. The molecule has 5 heteroatoms. The molecule has 3 rings (SSSR count). The Balaban J connectivity index is 1.49. The van der Waals surface area contributed by atoms with E-state index in [-0.39, 0.29) is 17.9 Å². The third-order valence-corrected chi connectivity index (χ3v) is 5.67. The molecule has 26 heavy (non-hydrogen) atoms. The Hall–Kier alpha value is -1.88. The lowest BCUT2D eigenvalue weighted by Gasteiger charge is -2.34. The molecule has 2 N–H and O–H groups in total. The Kier molecular flexibility index (Phi) is 6.30. The van der Waals surface area contributed by atoms with E-state index < -0.39 is 0 Å². The van der Waals surface area contributed by atoms with E-state index in [1.54, 1.807) is 0 Å².